The van der Waals surface area contributed by atoms with Crippen LogP contribution in [0.3, 0.4) is 0 Å². The molecule has 84 valence electrons. The van der Waals surface area contributed by atoms with Gasteiger partial charge in [-0.15, -0.1) is 11.8 Å². The summed E-state index contributed by atoms with van der Waals surface area (Å²) >= 11 is 1.41. The van der Waals surface area contributed by atoms with Crippen molar-refractivity contribution in [3.8, 4) is 6.07 Å². The van der Waals surface area contributed by atoms with Crippen LogP contribution < -0.4 is 0 Å². The molecule has 1 rings (SSSR count). The molecule has 0 radical (unpaired) electrons. The highest BCUT2D eigenvalue weighted by Crippen LogP contribution is 2.19. The summed E-state index contributed by atoms with van der Waals surface area (Å²) in [7, 11) is 0. The maximum Gasteiger partial charge on any atom is 0.232 e. The number of carbonyl (C=O) groups is 1. The molecule has 1 saturated heterocycles. The van der Waals surface area contributed by atoms with Crippen molar-refractivity contribution >= 4 is 17.7 Å². The second-order valence-corrected chi connectivity index (χ2v) is 4.89. The number of nitriles is 1. The van der Waals surface area contributed by atoms with Gasteiger partial charge in [-0.25, -0.2) is 0 Å². The summed E-state index contributed by atoms with van der Waals surface area (Å²) in [6, 6.07) is 2.04. The molecule has 0 aliphatic carbocycles. The van der Waals surface area contributed by atoms with Crippen LogP contribution in [-0.2, 0) is 4.79 Å². The van der Waals surface area contributed by atoms with E-state index in [1.807, 2.05) is 11.0 Å². The minimum Gasteiger partial charge on any atom is -0.342 e. The molecule has 1 aliphatic heterocycles. The predicted octanol–water partition coefficient (Wildman–Crippen LogP) is 1.89. The zero-order chi connectivity index (χ0) is 11.1. The van der Waals surface area contributed by atoms with Crippen molar-refractivity contribution in [3.63, 3.8) is 0 Å². The quantitative estimate of drug-likeness (QED) is 0.688. The van der Waals surface area contributed by atoms with Gasteiger partial charge in [0.05, 0.1) is 17.6 Å². The first kappa shape index (κ1) is 12.4. The summed E-state index contributed by atoms with van der Waals surface area (Å²) in [4.78, 5) is 13.7. The van der Waals surface area contributed by atoms with Crippen LogP contribution in [0.25, 0.3) is 0 Å². The number of rotatable bonds is 4. The smallest absolute Gasteiger partial charge is 0.232 e. The van der Waals surface area contributed by atoms with Gasteiger partial charge >= 0.3 is 0 Å². The van der Waals surface area contributed by atoms with Gasteiger partial charge in [0.15, 0.2) is 0 Å². The Labute approximate surface area is 95.8 Å². The lowest BCUT2D eigenvalue weighted by Crippen LogP contribution is -2.40. The molecular formula is C11H18N2OS. The molecule has 1 amide bonds. The maximum absolute atomic E-state index is 11.7. The van der Waals surface area contributed by atoms with Crippen LogP contribution in [-0.4, -0.2) is 35.4 Å². The van der Waals surface area contributed by atoms with Crippen molar-refractivity contribution in [2.24, 2.45) is 5.92 Å². The van der Waals surface area contributed by atoms with E-state index in [1.54, 1.807) is 0 Å². The average Bonchev–Trinajstić information content (AvgIpc) is 2.29. The van der Waals surface area contributed by atoms with Gasteiger partial charge in [0.2, 0.25) is 5.91 Å². The van der Waals surface area contributed by atoms with E-state index in [1.165, 1.54) is 18.2 Å². The molecule has 0 aromatic heterocycles. The van der Waals surface area contributed by atoms with Crippen molar-refractivity contribution in [3.05, 3.63) is 0 Å². The molecule has 4 heteroatoms. The number of amides is 1. The number of piperidine rings is 1. The third kappa shape index (κ3) is 4.13. The molecule has 0 aromatic carbocycles. The zero-order valence-electron chi connectivity index (χ0n) is 9.24. The third-order valence-corrected chi connectivity index (χ3v) is 3.63. The van der Waals surface area contributed by atoms with Crippen molar-refractivity contribution < 1.29 is 4.79 Å². The molecule has 1 heterocycles. The standard InChI is InChI=1S/C11H18N2OS/c1-2-10-4-3-6-13(8-10)11(14)9-15-7-5-12/h10H,2-4,6-9H2,1H3/t10-/m1/s1. The van der Waals surface area contributed by atoms with Gasteiger partial charge in [-0.1, -0.05) is 13.3 Å². The first-order chi connectivity index (χ1) is 7.27. The van der Waals surface area contributed by atoms with Gasteiger partial charge < -0.3 is 4.90 Å². The number of hydrogen-bond donors (Lipinski definition) is 0. The Hall–Kier alpha value is -0.690. The minimum atomic E-state index is 0.202. The highest BCUT2D eigenvalue weighted by atomic mass is 32.2. The van der Waals surface area contributed by atoms with Crippen molar-refractivity contribution in [1.82, 2.24) is 4.90 Å². The fourth-order valence-electron chi connectivity index (χ4n) is 1.90. The molecule has 1 aliphatic rings. The molecule has 1 fully saturated rings. The summed E-state index contributed by atoms with van der Waals surface area (Å²) in [5.74, 6) is 1.76. The molecule has 15 heavy (non-hydrogen) atoms. The normalized spacial score (nSPS) is 21.1. The Balaban J connectivity index is 2.29. The van der Waals surface area contributed by atoms with Crippen molar-refractivity contribution in [1.29, 1.82) is 5.26 Å². The fourth-order valence-corrected chi connectivity index (χ4v) is 2.45. The molecule has 0 saturated carbocycles. The number of carbonyl (C=O) groups excluding carboxylic acids is 1. The highest BCUT2D eigenvalue weighted by Gasteiger charge is 2.21. The molecule has 0 spiro atoms. The Morgan fingerprint density at radius 2 is 2.47 bits per heavy atom. The SMILES string of the molecule is CC[C@@H]1CCCN(C(=O)CSCC#N)C1. The van der Waals surface area contributed by atoms with Crippen LogP contribution in [0, 0.1) is 17.2 Å². The van der Waals surface area contributed by atoms with Crippen LogP contribution in [0.4, 0.5) is 0 Å². The number of likely N-dealkylation sites (tertiary alicyclic amines) is 1. The number of nitrogens with zero attached hydrogens (tertiary/aromatic N) is 2. The van der Waals surface area contributed by atoms with Gasteiger partial charge in [-0.2, -0.15) is 5.26 Å². The van der Waals surface area contributed by atoms with E-state index in [0.29, 0.717) is 17.4 Å². The monoisotopic (exact) mass is 226 g/mol. The second-order valence-electron chi connectivity index (χ2n) is 3.91. The molecule has 0 unspecified atom stereocenters. The predicted molar refractivity (Wildman–Crippen MR) is 62.5 cm³/mol. The first-order valence-electron chi connectivity index (χ1n) is 5.50. The van der Waals surface area contributed by atoms with Crippen LogP contribution in [0.5, 0.6) is 0 Å². The summed E-state index contributed by atoms with van der Waals surface area (Å²) < 4.78 is 0. The third-order valence-electron chi connectivity index (χ3n) is 2.84. The average molecular weight is 226 g/mol. The summed E-state index contributed by atoms with van der Waals surface area (Å²) in [5, 5.41) is 8.37. The van der Waals surface area contributed by atoms with E-state index in [9.17, 15) is 4.79 Å². The largest absolute Gasteiger partial charge is 0.342 e. The van der Waals surface area contributed by atoms with Gasteiger partial charge in [-0.3, -0.25) is 4.79 Å². The number of thioether (sulfide) groups is 1. The minimum absolute atomic E-state index is 0.202. The van der Waals surface area contributed by atoms with E-state index >= 15 is 0 Å². The van der Waals surface area contributed by atoms with Gasteiger partial charge in [-0.05, 0) is 18.8 Å². The fraction of sp³-hybridized carbons (Fsp3) is 0.818. The Kier molecular flexibility index (Phi) is 5.56. The Bertz CT molecular complexity index is 249. The van der Waals surface area contributed by atoms with Crippen molar-refractivity contribution in [2.45, 2.75) is 26.2 Å². The molecular weight excluding hydrogens is 208 g/mol. The van der Waals surface area contributed by atoms with Crippen LogP contribution in [0.1, 0.15) is 26.2 Å². The summed E-state index contributed by atoms with van der Waals surface area (Å²) in [6.07, 6.45) is 3.55. The van der Waals surface area contributed by atoms with Gasteiger partial charge in [0.1, 0.15) is 0 Å². The topological polar surface area (TPSA) is 44.1 Å². The van der Waals surface area contributed by atoms with E-state index < -0.39 is 0 Å². The zero-order valence-corrected chi connectivity index (χ0v) is 10.1. The first-order valence-corrected chi connectivity index (χ1v) is 6.65. The van der Waals surface area contributed by atoms with Crippen LogP contribution >= 0.6 is 11.8 Å². The highest BCUT2D eigenvalue weighted by molar-refractivity contribution is 8.00. The summed E-state index contributed by atoms with van der Waals surface area (Å²) in [6.45, 7) is 4.01. The van der Waals surface area contributed by atoms with Crippen molar-refractivity contribution in [2.75, 3.05) is 24.6 Å². The van der Waals surface area contributed by atoms with Crippen LogP contribution in [0.15, 0.2) is 0 Å². The number of hydrogen-bond acceptors (Lipinski definition) is 3. The second kappa shape index (κ2) is 6.73. The lowest BCUT2D eigenvalue weighted by Gasteiger charge is -2.32. The Morgan fingerprint density at radius 1 is 1.67 bits per heavy atom. The lowest BCUT2D eigenvalue weighted by molar-refractivity contribution is -0.130. The molecule has 0 bridgehead atoms. The van der Waals surface area contributed by atoms with Gasteiger partial charge in [0, 0.05) is 13.1 Å². The molecule has 1 atom stereocenters. The molecule has 3 nitrogen and oxygen atoms in total. The van der Waals surface area contributed by atoms with E-state index in [4.69, 9.17) is 5.26 Å². The summed E-state index contributed by atoms with van der Waals surface area (Å²) in [5.41, 5.74) is 0. The van der Waals surface area contributed by atoms with E-state index in [0.717, 1.165) is 25.9 Å². The molecule has 0 N–H and O–H groups in total. The Morgan fingerprint density at radius 3 is 3.13 bits per heavy atom. The molecule has 0 aromatic rings. The van der Waals surface area contributed by atoms with E-state index in [2.05, 4.69) is 6.92 Å². The van der Waals surface area contributed by atoms with E-state index in [-0.39, 0.29) is 5.91 Å². The van der Waals surface area contributed by atoms with Crippen LogP contribution in [0.2, 0.25) is 0 Å². The lowest BCUT2D eigenvalue weighted by atomic mass is 9.96. The van der Waals surface area contributed by atoms with Gasteiger partial charge in [0.25, 0.3) is 0 Å². The maximum atomic E-state index is 11.7.